The van der Waals surface area contributed by atoms with Crippen molar-refractivity contribution in [1.82, 2.24) is 0 Å². The maximum atomic E-state index is 10.3. The van der Waals surface area contributed by atoms with E-state index in [-0.39, 0.29) is 11.8 Å². The van der Waals surface area contributed by atoms with Crippen LogP contribution in [0, 0.1) is 0 Å². The minimum absolute atomic E-state index is 0.0448. The lowest BCUT2D eigenvalue weighted by Gasteiger charge is -1.88. The SMILES string of the molecule is CC(=O)CC=COC(C)=O. The van der Waals surface area contributed by atoms with E-state index in [4.69, 9.17) is 0 Å². The zero-order valence-electron chi connectivity index (χ0n) is 6.09. The summed E-state index contributed by atoms with van der Waals surface area (Å²) in [5, 5.41) is 0. The Labute approximate surface area is 59.7 Å². The minimum Gasteiger partial charge on any atom is -0.435 e. The van der Waals surface area contributed by atoms with Gasteiger partial charge < -0.3 is 4.74 Å². The zero-order chi connectivity index (χ0) is 7.98. The van der Waals surface area contributed by atoms with Gasteiger partial charge in [-0.1, -0.05) is 0 Å². The standard InChI is InChI=1S/C7H10O3/c1-6(8)4-3-5-10-7(2)9/h3,5H,4H2,1-2H3. The summed E-state index contributed by atoms with van der Waals surface area (Å²) < 4.78 is 4.42. The largest absolute Gasteiger partial charge is 0.435 e. The molecule has 0 aliphatic heterocycles. The van der Waals surface area contributed by atoms with E-state index in [1.165, 1.54) is 26.2 Å². The topological polar surface area (TPSA) is 43.4 Å². The molecular weight excluding hydrogens is 132 g/mol. The van der Waals surface area contributed by atoms with Gasteiger partial charge in [-0.15, -0.1) is 0 Å². The molecule has 0 spiro atoms. The Hall–Kier alpha value is -1.12. The van der Waals surface area contributed by atoms with Crippen molar-refractivity contribution < 1.29 is 14.3 Å². The number of rotatable bonds is 3. The van der Waals surface area contributed by atoms with Gasteiger partial charge in [-0.2, -0.15) is 0 Å². The van der Waals surface area contributed by atoms with Gasteiger partial charge in [-0.05, 0) is 13.0 Å². The van der Waals surface area contributed by atoms with Crippen LogP contribution >= 0.6 is 0 Å². The summed E-state index contributed by atoms with van der Waals surface area (Å²) in [7, 11) is 0. The van der Waals surface area contributed by atoms with Crippen molar-refractivity contribution in [3.8, 4) is 0 Å². The van der Waals surface area contributed by atoms with Gasteiger partial charge in [0, 0.05) is 13.3 Å². The van der Waals surface area contributed by atoms with E-state index in [0.717, 1.165) is 0 Å². The number of carbonyl (C=O) groups excluding carboxylic acids is 2. The lowest BCUT2D eigenvalue weighted by Crippen LogP contribution is -1.90. The van der Waals surface area contributed by atoms with Gasteiger partial charge >= 0.3 is 5.97 Å². The zero-order valence-corrected chi connectivity index (χ0v) is 6.09. The third kappa shape index (κ3) is 6.88. The van der Waals surface area contributed by atoms with Crippen LogP contribution in [-0.4, -0.2) is 11.8 Å². The Bertz CT molecular complexity index is 140. The average molecular weight is 142 g/mol. The lowest BCUT2D eigenvalue weighted by molar-refractivity contribution is -0.135. The van der Waals surface area contributed by atoms with E-state index in [9.17, 15) is 9.59 Å². The number of hydrogen-bond donors (Lipinski definition) is 0. The van der Waals surface area contributed by atoms with E-state index < -0.39 is 0 Å². The van der Waals surface area contributed by atoms with Crippen molar-refractivity contribution in [3.05, 3.63) is 12.3 Å². The van der Waals surface area contributed by atoms with Crippen LogP contribution in [0.25, 0.3) is 0 Å². The van der Waals surface area contributed by atoms with Crippen molar-refractivity contribution in [2.45, 2.75) is 20.3 Å². The van der Waals surface area contributed by atoms with Crippen molar-refractivity contribution >= 4 is 11.8 Å². The third-order valence-electron chi connectivity index (χ3n) is 0.736. The predicted molar refractivity (Wildman–Crippen MR) is 36.2 cm³/mol. The van der Waals surface area contributed by atoms with Gasteiger partial charge in [0.1, 0.15) is 5.78 Å². The summed E-state index contributed by atoms with van der Waals surface area (Å²) >= 11 is 0. The van der Waals surface area contributed by atoms with Gasteiger partial charge in [-0.3, -0.25) is 9.59 Å². The fourth-order valence-electron chi connectivity index (χ4n) is 0.358. The molecule has 56 valence electrons. The molecule has 3 nitrogen and oxygen atoms in total. The highest BCUT2D eigenvalue weighted by atomic mass is 16.5. The molecule has 0 atom stereocenters. The quantitative estimate of drug-likeness (QED) is 0.437. The maximum absolute atomic E-state index is 10.3. The molecule has 0 rings (SSSR count). The van der Waals surface area contributed by atoms with E-state index in [2.05, 4.69) is 4.74 Å². The number of allylic oxidation sites excluding steroid dienone is 1. The number of hydrogen-bond acceptors (Lipinski definition) is 3. The highest BCUT2D eigenvalue weighted by Gasteiger charge is 1.87. The fourth-order valence-corrected chi connectivity index (χ4v) is 0.358. The molecule has 0 aromatic rings. The molecule has 0 heterocycles. The number of esters is 1. The second-order valence-corrected chi connectivity index (χ2v) is 1.89. The van der Waals surface area contributed by atoms with Crippen molar-refractivity contribution in [2.24, 2.45) is 0 Å². The first kappa shape index (κ1) is 8.88. The van der Waals surface area contributed by atoms with E-state index in [1.807, 2.05) is 0 Å². The summed E-state index contributed by atoms with van der Waals surface area (Å²) in [6, 6.07) is 0. The van der Waals surface area contributed by atoms with Crippen LogP contribution in [0.3, 0.4) is 0 Å². The molecule has 0 fully saturated rings. The molecule has 0 N–H and O–H groups in total. The van der Waals surface area contributed by atoms with Crippen molar-refractivity contribution in [1.29, 1.82) is 0 Å². The molecule has 0 unspecified atom stereocenters. The third-order valence-corrected chi connectivity index (χ3v) is 0.736. The second kappa shape index (κ2) is 4.73. The van der Waals surface area contributed by atoms with Gasteiger partial charge in [0.15, 0.2) is 0 Å². The summed E-state index contributed by atoms with van der Waals surface area (Å²) in [6.07, 6.45) is 3.04. The summed E-state index contributed by atoms with van der Waals surface area (Å²) in [6.45, 7) is 2.77. The predicted octanol–water partition coefficient (Wildman–Crippen LogP) is 1.04. The van der Waals surface area contributed by atoms with Crippen LogP contribution < -0.4 is 0 Å². The minimum atomic E-state index is -0.375. The number of ketones is 1. The molecule has 0 saturated heterocycles. The maximum Gasteiger partial charge on any atom is 0.307 e. The number of ether oxygens (including phenoxy) is 1. The molecule has 3 heteroatoms. The Kier molecular flexibility index (Phi) is 4.20. The highest BCUT2D eigenvalue weighted by Crippen LogP contribution is 1.85. The van der Waals surface area contributed by atoms with Crippen LogP contribution in [0.1, 0.15) is 20.3 Å². The molecule has 0 saturated carbocycles. The lowest BCUT2D eigenvalue weighted by atomic mass is 10.3. The molecule has 10 heavy (non-hydrogen) atoms. The molecule has 0 amide bonds. The Balaban J connectivity index is 3.38. The van der Waals surface area contributed by atoms with E-state index in [0.29, 0.717) is 6.42 Å². The van der Waals surface area contributed by atoms with E-state index in [1.54, 1.807) is 0 Å². The fraction of sp³-hybridized carbons (Fsp3) is 0.429. The molecule has 0 aromatic carbocycles. The summed E-state index contributed by atoms with van der Waals surface area (Å²) in [5.74, 6) is -0.330. The van der Waals surface area contributed by atoms with E-state index >= 15 is 0 Å². The Morgan fingerprint density at radius 3 is 2.40 bits per heavy atom. The number of Topliss-reactive ketones (excluding diaryl/α,β-unsaturated/α-hetero) is 1. The summed E-state index contributed by atoms with van der Waals surface area (Å²) in [4.78, 5) is 20.4. The highest BCUT2D eigenvalue weighted by molar-refractivity contribution is 5.77. The first-order valence-electron chi connectivity index (χ1n) is 2.94. The number of carbonyl (C=O) groups is 2. The molecular formula is C7H10O3. The van der Waals surface area contributed by atoms with Crippen molar-refractivity contribution in [3.63, 3.8) is 0 Å². The van der Waals surface area contributed by atoms with Crippen LogP contribution in [-0.2, 0) is 14.3 Å². The molecule has 0 radical (unpaired) electrons. The van der Waals surface area contributed by atoms with Crippen LogP contribution in [0.15, 0.2) is 12.3 Å². The molecule has 0 aromatic heterocycles. The average Bonchev–Trinajstić information content (AvgIpc) is 1.79. The molecule has 0 bridgehead atoms. The Morgan fingerprint density at radius 1 is 1.40 bits per heavy atom. The smallest absolute Gasteiger partial charge is 0.307 e. The normalized spacial score (nSPS) is 9.80. The molecule has 0 aliphatic carbocycles. The van der Waals surface area contributed by atoms with Gasteiger partial charge in [0.2, 0.25) is 0 Å². The van der Waals surface area contributed by atoms with Gasteiger partial charge in [0.05, 0.1) is 6.26 Å². The second-order valence-electron chi connectivity index (χ2n) is 1.89. The van der Waals surface area contributed by atoms with Crippen LogP contribution in [0.2, 0.25) is 0 Å². The van der Waals surface area contributed by atoms with Crippen LogP contribution in [0.5, 0.6) is 0 Å². The molecule has 0 aliphatic rings. The first-order valence-corrected chi connectivity index (χ1v) is 2.94. The Morgan fingerprint density at radius 2 is 2.00 bits per heavy atom. The monoisotopic (exact) mass is 142 g/mol. The van der Waals surface area contributed by atoms with Gasteiger partial charge in [-0.25, -0.2) is 0 Å². The summed E-state index contributed by atoms with van der Waals surface area (Å²) in [5.41, 5.74) is 0. The van der Waals surface area contributed by atoms with Crippen molar-refractivity contribution in [2.75, 3.05) is 0 Å². The van der Waals surface area contributed by atoms with Crippen LogP contribution in [0.4, 0.5) is 0 Å². The first-order chi connectivity index (χ1) is 4.63. The van der Waals surface area contributed by atoms with Gasteiger partial charge in [0.25, 0.3) is 0 Å².